The third-order valence-electron chi connectivity index (χ3n) is 1.59. The fourth-order valence-electron chi connectivity index (χ4n) is 0.984. The van der Waals surface area contributed by atoms with Crippen molar-refractivity contribution in [1.82, 2.24) is 4.98 Å². The Labute approximate surface area is 83.8 Å². The zero-order valence-corrected chi connectivity index (χ0v) is 7.85. The van der Waals surface area contributed by atoms with E-state index in [0.29, 0.717) is 0 Å². The second-order valence-electron chi connectivity index (χ2n) is 2.57. The van der Waals surface area contributed by atoms with Gasteiger partial charge in [-0.1, -0.05) is 0 Å². The molecule has 1 aromatic heterocycles. The molecule has 0 unspecified atom stereocenters. The monoisotopic (exact) mass is 212 g/mol. The number of nitrogens with zero attached hydrogens (tertiary/aromatic N) is 1. The van der Waals surface area contributed by atoms with Gasteiger partial charge in [0.25, 0.3) is 11.2 Å². The van der Waals surface area contributed by atoms with Crippen LogP contribution in [0.5, 0.6) is 0 Å². The number of ether oxygens (including phenoxy) is 1. The molecule has 15 heavy (non-hydrogen) atoms. The number of pyridine rings is 1. The maximum absolute atomic E-state index is 11.2. The molecule has 1 heterocycles. The van der Waals surface area contributed by atoms with Gasteiger partial charge in [0.15, 0.2) is 5.56 Å². The fourth-order valence-corrected chi connectivity index (χ4v) is 0.984. The van der Waals surface area contributed by atoms with Gasteiger partial charge in [0, 0.05) is 6.20 Å². The van der Waals surface area contributed by atoms with Crippen molar-refractivity contribution in [2.45, 2.75) is 6.92 Å². The van der Waals surface area contributed by atoms with Gasteiger partial charge in [0.05, 0.1) is 17.6 Å². The number of H-pyrrole nitrogens is 1. The molecule has 7 nitrogen and oxygen atoms in total. The Balaban J connectivity index is 3.23. The molecule has 0 saturated heterocycles. The first-order valence-electron chi connectivity index (χ1n) is 4.10. The molecule has 1 N–H and O–H groups in total. The fraction of sp³-hybridized carbons (Fsp3) is 0.250. The van der Waals surface area contributed by atoms with E-state index in [2.05, 4.69) is 9.72 Å². The van der Waals surface area contributed by atoms with Crippen molar-refractivity contribution in [2.75, 3.05) is 6.61 Å². The molecule has 0 aliphatic rings. The van der Waals surface area contributed by atoms with E-state index >= 15 is 0 Å². The van der Waals surface area contributed by atoms with Gasteiger partial charge >= 0.3 is 5.97 Å². The summed E-state index contributed by atoms with van der Waals surface area (Å²) in [5, 5.41) is 10.5. The molecule has 7 heteroatoms. The quantitative estimate of drug-likeness (QED) is 0.445. The summed E-state index contributed by atoms with van der Waals surface area (Å²) in [6.45, 7) is 1.69. The lowest BCUT2D eigenvalue weighted by molar-refractivity contribution is -0.385. The first-order valence-corrected chi connectivity index (χ1v) is 4.10. The zero-order valence-electron chi connectivity index (χ0n) is 7.85. The number of hydrogen-bond acceptors (Lipinski definition) is 5. The molecule has 0 aromatic carbocycles. The van der Waals surface area contributed by atoms with E-state index in [-0.39, 0.29) is 12.2 Å². The van der Waals surface area contributed by atoms with Crippen LogP contribution in [0.2, 0.25) is 0 Å². The van der Waals surface area contributed by atoms with E-state index in [1.807, 2.05) is 0 Å². The van der Waals surface area contributed by atoms with E-state index < -0.39 is 22.1 Å². The van der Waals surface area contributed by atoms with Crippen LogP contribution in [-0.2, 0) is 4.74 Å². The lowest BCUT2D eigenvalue weighted by Gasteiger charge is -2.01. The summed E-state index contributed by atoms with van der Waals surface area (Å²) in [6, 6.07) is 0.742. The number of carbonyl (C=O) groups is 1. The first kappa shape index (κ1) is 10.9. The van der Waals surface area contributed by atoms with Crippen LogP contribution in [0.15, 0.2) is 17.1 Å². The first-order chi connectivity index (χ1) is 7.06. The Morgan fingerprint density at radius 1 is 1.67 bits per heavy atom. The third-order valence-corrected chi connectivity index (χ3v) is 1.59. The number of carbonyl (C=O) groups excluding carboxylic acids is 1. The predicted octanol–water partition coefficient (Wildman–Crippen LogP) is 0.460. The van der Waals surface area contributed by atoms with Gasteiger partial charge in [-0.2, -0.15) is 0 Å². The molecule has 0 bridgehead atoms. The molecular weight excluding hydrogens is 204 g/mol. The van der Waals surface area contributed by atoms with E-state index in [9.17, 15) is 19.7 Å². The SMILES string of the molecule is CCOC(=O)c1c[nH]c(=O)cc1[N+](=O)[O-]. The topological polar surface area (TPSA) is 102 Å². The molecule has 1 aromatic rings. The van der Waals surface area contributed by atoms with E-state index in [1.165, 1.54) is 0 Å². The van der Waals surface area contributed by atoms with Crippen molar-refractivity contribution in [3.8, 4) is 0 Å². The Hall–Kier alpha value is -2.18. The van der Waals surface area contributed by atoms with Crippen LogP contribution in [0.1, 0.15) is 17.3 Å². The van der Waals surface area contributed by atoms with Crippen molar-refractivity contribution in [3.05, 3.63) is 38.3 Å². The summed E-state index contributed by atoms with van der Waals surface area (Å²) in [6.07, 6.45) is 0.971. The zero-order chi connectivity index (χ0) is 11.4. The average molecular weight is 212 g/mol. The van der Waals surface area contributed by atoms with Crippen molar-refractivity contribution >= 4 is 11.7 Å². The highest BCUT2D eigenvalue weighted by Gasteiger charge is 2.21. The number of aromatic amines is 1. The van der Waals surface area contributed by atoms with Gasteiger partial charge in [-0.3, -0.25) is 14.9 Å². The van der Waals surface area contributed by atoms with Crippen LogP contribution in [0, 0.1) is 10.1 Å². The molecule has 0 saturated carbocycles. The summed E-state index contributed by atoms with van der Waals surface area (Å²) in [4.78, 5) is 33.9. The number of nitrogens with one attached hydrogen (secondary N) is 1. The lowest BCUT2D eigenvalue weighted by Crippen LogP contribution is -2.13. The van der Waals surface area contributed by atoms with E-state index in [1.54, 1.807) is 6.92 Å². The second kappa shape index (κ2) is 4.36. The number of rotatable bonds is 3. The number of hydrogen-bond donors (Lipinski definition) is 1. The van der Waals surface area contributed by atoms with Gasteiger partial charge in [-0.05, 0) is 6.92 Å². The minimum atomic E-state index is -0.833. The van der Waals surface area contributed by atoms with Crippen LogP contribution in [0.3, 0.4) is 0 Å². The Kier molecular flexibility index (Phi) is 3.17. The highest BCUT2D eigenvalue weighted by atomic mass is 16.6. The second-order valence-corrected chi connectivity index (χ2v) is 2.57. The van der Waals surface area contributed by atoms with E-state index in [0.717, 1.165) is 12.3 Å². The van der Waals surface area contributed by atoms with Crippen molar-refractivity contribution in [1.29, 1.82) is 0 Å². The van der Waals surface area contributed by atoms with Crippen molar-refractivity contribution < 1.29 is 14.5 Å². The standard InChI is InChI=1S/C8H8N2O5/c1-2-15-8(12)5-4-9-7(11)3-6(5)10(13)14/h3-4H,2H2,1H3,(H,9,11). The van der Waals surface area contributed by atoms with Crippen molar-refractivity contribution in [2.24, 2.45) is 0 Å². The van der Waals surface area contributed by atoms with Crippen LogP contribution in [0.4, 0.5) is 5.69 Å². The van der Waals surface area contributed by atoms with Gasteiger partial charge in [-0.15, -0.1) is 0 Å². The van der Waals surface area contributed by atoms with Gasteiger partial charge in [-0.25, -0.2) is 4.79 Å². The predicted molar refractivity (Wildman–Crippen MR) is 49.7 cm³/mol. The van der Waals surface area contributed by atoms with Gasteiger partial charge in [0.2, 0.25) is 0 Å². The molecule has 0 spiro atoms. The Morgan fingerprint density at radius 2 is 2.33 bits per heavy atom. The van der Waals surface area contributed by atoms with E-state index in [4.69, 9.17) is 0 Å². The summed E-state index contributed by atoms with van der Waals surface area (Å²) in [5.74, 6) is -0.833. The number of nitro groups is 1. The van der Waals surface area contributed by atoms with Crippen LogP contribution in [-0.4, -0.2) is 22.5 Å². The summed E-state index contributed by atoms with van der Waals surface area (Å²) in [7, 11) is 0. The van der Waals surface area contributed by atoms with Crippen molar-refractivity contribution in [3.63, 3.8) is 0 Å². The lowest BCUT2D eigenvalue weighted by atomic mass is 10.2. The maximum Gasteiger partial charge on any atom is 0.346 e. The maximum atomic E-state index is 11.2. The van der Waals surface area contributed by atoms with Gasteiger partial charge < -0.3 is 9.72 Å². The highest BCUT2D eigenvalue weighted by molar-refractivity contribution is 5.93. The molecule has 0 aliphatic carbocycles. The number of esters is 1. The molecule has 0 amide bonds. The third kappa shape index (κ3) is 2.39. The average Bonchev–Trinajstić information content (AvgIpc) is 2.17. The molecular formula is C8H8N2O5. The molecule has 0 atom stereocenters. The molecule has 80 valence electrons. The highest BCUT2D eigenvalue weighted by Crippen LogP contribution is 2.15. The molecule has 0 fully saturated rings. The van der Waals surface area contributed by atoms with Crippen LogP contribution in [0.25, 0.3) is 0 Å². The normalized spacial score (nSPS) is 9.67. The van der Waals surface area contributed by atoms with Crippen LogP contribution >= 0.6 is 0 Å². The Bertz CT molecular complexity index is 451. The van der Waals surface area contributed by atoms with Crippen LogP contribution < -0.4 is 5.56 Å². The minimum absolute atomic E-state index is 0.106. The summed E-state index contributed by atoms with van der Waals surface area (Å²) < 4.78 is 4.59. The molecule has 1 rings (SSSR count). The summed E-state index contributed by atoms with van der Waals surface area (Å²) >= 11 is 0. The van der Waals surface area contributed by atoms with Gasteiger partial charge in [0.1, 0.15) is 0 Å². The smallest absolute Gasteiger partial charge is 0.346 e. The molecule has 0 radical (unpaired) electrons. The molecule has 0 aliphatic heterocycles. The minimum Gasteiger partial charge on any atom is -0.462 e. The summed E-state index contributed by atoms with van der Waals surface area (Å²) in [5.41, 5.74) is -1.46. The largest absolute Gasteiger partial charge is 0.462 e. The number of aromatic nitrogens is 1. The Morgan fingerprint density at radius 3 is 2.87 bits per heavy atom.